The predicted molar refractivity (Wildman–Crippen MR) is 104 cm³/mol. The number of nitrogens with one attached hydrogen (secondary N) is 2. The Balaban J connectivity index is 1.42. The number of rotatable bonds is 9. The Labute approximate surface area is 155 Å². The van der Waals surface area contributed by atoms with E-state index in [2.05, 4.69) is 41.0 Å². The fraction of sp³-hybridized carbons (Fsp3) is 0.476. The first-order valence-corrected chi connectivity index (χ1v) is 9.60. The number of hydrogen-bond donors (Lipinski definition) is 2. The molecule has 0 spiro atoms. The van der Waals surface area contributed by atoms with Gasteiger partial charge in [0.25, 0.3) is 0 Å². The maximum atomic E-state index is 5.67. The highest BCUT2D eigenvalue weighted by Crippen LogP contribution is 2.11. The number of guanidine groups is 1. The van der Waals surface area contributed by atoms with E-state index in [4.69, 9.17) is 14.1 Å². The zero-order valence-corrected chi connectivity index (χ0v) is 15.3. The van der Waals surface area contributed by atoms with Crippen molar-refractivity contribution in [2.24, 2.45) is 4.99 Å². The van der Waals surface area contributed by atoms with Crippen LogP contribution in [0.1, 0.15) is 30.6 Å². The van der Waals surface area contributed by atoms with Gasteiger partial charge in [-0.15, -0.1) is 0 Å². The zero-order chi connectivity index (χ0) is 17.9. The Morgan fingerprint density at radius 2 is 1.92 bits per heavy atom. The normalized spacial score (nSPS) is 17.4. The average Bonchev–Trinajstić information content (AvgIpc) is 3.37. The Kier molecular flexibility index (Phi) is 7.59. The molecule has 1 aliphatic rings. The van der Waals surface area contributed by atoms with Crippen LogP contribution < -0.4 is 10.6 Å². The van der Waals surface area contributed by atoms with Gasteiger partial charge < -0.3 is 19.8 Å². The van der Waals surface area contributed by atoms with E-state index < -0.39 is 0 Å². The van der Waals surface area contributed by atoms with Crippen LogP contribution in [-0.4, -0.2) is 38.3 Å². The van der Waals surface area contributed by atoms with Gasteiger partial charge in [0.2, 0.25) is 0 Å². The minimum absolute atomic E-state index is 0.267. The number of ether oxygens (including phenoxy) is 1. The lowest BCUT2D eigenvalue weighted by molar-refractivity contribution is 0.117. The summed E-state index contributed by atoms with van der Waals surface area (Å²) in [5.41, 5.74) is 1.37. The molecule has 0 bridgehead atoms. The highest BCUT2D eigenvalue weighted by atomic mass is 16.5. The lowest BCUT2D eigenvalue weighted by Crippen LogP contribution is -2.39. The van der Waals surface area contributed by atoms with Gasteiger partial charge in [-0.2, -0.15) is 0 Å². The second-order valence-electron chi connectivity index (χ2n) is 6.60. The summed E-state index contributed by atoms with van der Waals surface area (Å²) in [6.07, 6.45) is 7.22. The van der Waals surface area contributed by atoms with Crippen LogP contribution in [0, 0.1) is 0 Å². The molecule has 1 fully saturated rings. The van der Waals surface area contributed by atoms with Gasteiger partial charge in [0.15, 0.2) is 5.96 Å². The van der Waals surface area contributed by atoms with Crippen LogP contribution in [0.25, 0.3) is 0 Å². The molecule has 0 radical (unpaired) electrons. The van der Waals surface area contributed by atoms with Crippen molar-refractivity contribution in [3.8, 4) is 0 Å². The molecule has 0 aliphatic carbocycles. The van der Waals surface area contributed by atoms with Crippen LogP contribution in [0.15, 0.2) is 58.1 Å². The predicted octanol–water partition coefficient (Wildman–Crippen LogP) is 3.17. The van der Waals surface area contributed by atoms with E-state index in [0.717, 1.165) is 70.1 Å². The van der Waals surface area contributed by atoms with Gasteiger partial charge in [0.1, 0.15) is 5.76 Å². The van der Waals surface area contributed by atoms with Gasteiger partial charge in [-0.25, -0.2) is 0 Å². The summed E-state index contributed by atoms with van der Waals surface area (Å²) in [5.74, 6) is 1.85. The molecule has 1 atom stereocenters. The van der Waals surface area contributed by atoms with Gasteiger partial charge in [0, 0.05) is 26.1 Å². The summed E-state index contributed by atoms with van der Waals surface area (Å²) in [4.78, 5) is 4.71. The van der Waals surface area contributed by atoms with Crippen molar-refractivity contribution in [3.63, 3.8) is 0 Å². The number of hydrogen-bond acceptors (Lipinski definition) is 3. The van der Waals surface area contributed by atoms with E-state index in [1.165, 1.54) is 5.56 Å². The lowest BCUT2D eigenvalue weighted by Gasteiger charge is -2.14. The standard InChI is InChI=1S/C21H29N3O2/c1-2-7-18(8-3-1)9-4-13-22-21(24-17-20-11-6-16-26-20)23-14-12-19-10-5-15-25-19/h1-3,5,7-8,10,15,20H,4,6,9,11-14,16-17H2,(H2,22,23,24). The van der Waals surface area contributed by atoms with E-state index in [0.29, 0.717) is 0 Å². The fourth-order valence-corrected chi connectivity index (χ4v) is 3.06. The maximum Gasteiger partial charge on any atom is 0.191 e. The molecule has 1 aromatic heterocycles. The third-order valence-electron chi connectivity index (χ3n) is 4.50. The minimum Gasteiger partial charge on any atom is -0.469 e. The van der Waals surface area contributed by atoms with Crippen molar-refractivity contribution in [1.29, 1.82) is 0 Å². The second kappa shape index (κ2) is 10.7. The summed E-state index contributed by atoms with van der Waals surface area (Å²) in [7, 11) is 0. The van der Waals surface area contributed by atoms with Crippen molar-refractivity contribution in [1.82, 2.24) is 10.6 Å². The lowest BCUT2D eigenvalue weighted by atomic mass is 10.1. The van der Waals surface area contributed by atoms with E-state index in [9.17, 15) is 0 Å². The molecule has 1 aromatic carbocycles. The fourth-order valence-electron chi connectivity index (χ4n) is 3.06. The van der Waals surface area contributed by atoms with Gasteiger partial charge >= 0.3 is 0 Å². The average molecular weight is 355 g/mol. The van der Waals surface area contributed by atoms with Crippen LogP contribution in [-0.2, 0) is 17.6 Å². The summed E-state index contributed by atoms with van der Waals surface area (Å²) in [6.45, 7) is 3.28. The van der Waals surface area contributed by atoms with E-state index in [-0.39, 0.29) is 6.10 Å². The molecule has 2 heterocycles. The van der Waals surface area contributed by atoms with Crippen molar-refractivity contribution in [2.75, 3.05) is 26.2 Å². The van der Waals surface area contributed by atoms with Gasteiger partial charge in [-0.05, 0) is 43.4 Å². The second-order valence-corrected chi connectivity index (χ2v) is 6.60. The summed E-state index contributed by atoms with van der Waals surface area (Å²) >= 11 is 0. The van der Waals surface area contributed by atoms with Gasteiger partial charge in [-0.3, -0.25) is 4.99 Å². The minimum atomic E-state index is 0.267. The molecule has 140 valence electrons. The van der Waals surface area contributed by atoms with Crippen LogP contribution in [0.4, 0.5) is 0 Å². The first-order chi connectivity index (χ1) is 12.9. The molecular weight excluding hydrogens is 326 g/mol. The van der Waals surface area contributed by atoms with Crippen LogP contribution >= 0.6 is 0 Å². The smallest absolute Gasteiger partial charge is 0.191 e. The molecular formula is C21H29N3O2. The van der Waals surface area contributed by atoms with E-state index in [1.807, 2.05) is 12.1 Å². The Bertz CT molecular complexity index is 635. The maximum absolute atomic E-state index is 5.67. The molecule has 5 heteroatoms. The van der Waals surface area contributed by atoms with E-state index in [1.54, 1.807) is 6.26 Å². The molecule has 1 saturated heterocycles. The molecule has 3 rings (SSSR count). The third-order valence-corrected chi connectivity index (χ3v) is 4.50. The number of nitrogens with zero attached hydrogens (tertiary/aromatic N) is 1. The van der Waals surface area contributed by atoms with Crippen molar-refractivity contribution in [3.05, 3.63) is 60.1 Å². The molecule has 2 aromatic rings. The van der Waals surface area contributed by atoms with Crippen LogP contribution in [0.2, 0.25) is 0 Å². The number of furan rings is 1. The van der Waals surface area contributed by atoms with Crippen molar-refractivity contribution in [2.45, 2.75) is 38.2 Å². The molecule has 5 nitrogen and oxygen atoms in total. The number of benzene rings is 1. The molecule has 2 N–H and O–H groups in total. The van der Waals surface area contributed by atoms with Crippen LogP contribution in [0.3, 0.4) is 0 Å². The highest BCUT2D eigenvalue weighted by Gasteiger charge is 2.14. The van der Waals surface area contributed by atoms with Crippen LogP contribution in [0.5, 0.6) is 0 Å². The summed E-state index contributed by atoms with van der Waals surface area (Å²) < 4.78 is 11.1. The van der Waals surface area contributed by atoms with Crippen molar-refractivity contribution >= 4 is 5.96 Å². The van der Waals surface area contributed by atoms with Gasteiger partial charge in [0.05, 0.1) is 18.9 Å². The monoisotopic (exact) mass is 355 g/mol. The molecule has 0 saturated carbocycles. The molecule has 0 amide bonds. The first kappa shape index (κ1) is 18.5. The van der Waals surface area contributed by atoms with Gasteiger partial charge in [-0.1, -0.05) is 30.3 Å². The summed E-state index contributed by atoms with van der Waals surface area (Å²) in [5, 5.41) is 6.85. The largest absolute Gasteiger partial charge is 0.469 e. The SMILES string of the molecule is c1ccc(CCCNC(=NCC2CCCO2)NCCc2ccco2)cc1. The summed E-state index contributed by atoms with van der Waals surface area (Å²) in [6, 6.07) is 14.5. The molecule has 1 aliphatic heterocycles. The zero-order valence-electron chi connectivity index (χ0n) is 15.3. The number of aliphatic imine (C=N–C) groups is 1. The highest BCUT2D eigenvalue weighted by molar-refractivity contribution is 5.79. The third kappa shape index (κ3) is 6.56. The first-order valence-electron chi connectivity index (χ1n) is 9.60. The topological polar surface area (TPSA) is 58.8 Å². The Morgan fingerprint density at radius 3 is 2.69 bits per heavy atom. The Hall–Kier alpha value is -2.27. The molecule has 1 unspecified atom stereocenters. The molecule has 26 heavy (non-hydrogen) atoms. The Morgan fingerprint density at radius 1 is 1.04 bits per heavy atom. The number of aryl methyl sites for hydroxylation is 1. The van der Waals surface area contributed by atoms with Crippen molar-refractivity contribution < 1.29 is 9.15 Å². The quantitative estimate of drug-likeness (QED) is 0.412. The van der Waals surface area contributed by atoms with E-state index >= 15 is 0 Å².